The van der Waals surface area contributed by atoms with E-state index in [1.165, 1.54) is 0 Å². The highest BCUT2D eigenvalue weighted by atomic mass is 32.1. The average molecular weight is 186 g/mol. The van der Waals surface area contributed by atoms with E-state index in [0.29, 0.717) is 5.11 Å². The summed E-state index contributed by atoms with van der Waals surface area (Å²) in [4.78, 5) is 11.4. The Morgan fingerprint density at radius 3 is 2.92 bits per heavy atom. The zero-order chi connectivity index (χ0) is 8.72. The van der Waals surface area contributed by atoms with E-state index in [4.69, 9.17) is 12.2 Å². The van der Waals surface area contributed by atoms with Gasteiger partial charge in [-0.1, -0.05) is 0 Å². The van der Waals surface area contributed by atoms with E-state index in [1.54, 1.807) is 0 Å². The molecule has 12 heavy (non-hydrogen) atoms. The monoisotopic (exact) mass is 186 g/mol. The summed E-state index contributed by atoms with van der Waals surface area (Å²) in [5.74, 6) is -0.106. The molecule has 2 heterocycles. The van der Waals surface area contributed by atoms with Crippen LogP contribution in [0.25, 0.3) is 0 Å². The third-order valence-electron chi connectivity index (χ3n) is 2.19. The molecule has 3 atom stereocenters. The molecule has 5 nitrogen and oxygen atoms in total. The molecule has 0 saturated carbocycles. The zero-order valence-electron chi connectivity index (χ0n) is 6.55. The molecule has 2 aliphatic heterocycles. The topological polar surface area (TPSA) is 65.2 Å². The van der Waals surface area contributed by atoms with Crippen LogP contribution in [0.3, 0.4) is 0 Å². The van der Waals surface area contributed by atoms with Gasteiger partial charge in [0.15, 0.2) is 5.11 Å². The fraction of sp³-hybridized carbons (Fsp3) is 0.667. The van der Waals surface area contributed by atoms with E-state index in [9.17, 15) is 4.79 Å². The predicted octanol–water partition coefficient (Wildman–Crippen LogP) is -1.57. The molecule has 2 saturated heterocycles. The van der Waals surface area contributed by atoms with E-state index in [-0.39, 0.29) is 24.0 Å². The summed E-state index contributed by atoms with van der Waals surface area (Å²) in [7, 11) is 0. The minimum Gasteiger partial charge on any atom is -0.345 e. The fourth-order valence-corrected chi connectivity index (χ4v) is 1.79. The van der Waals surface area contributed by atoms with Gasteiger partial charge in [0.05, 0.1) is 5.92 Å². The van der Waals surface area contributed by atoms with Gasteiger partial charge in [-0.05, 0) is 19.1 Å². The van der Waals surface area contributed by atoms with E-state index in [1.807, 2.05) is 6.92 Å². The Kier molecular flexibility index (Phi) is 1.75. The Labute approximate surface area is 75.2 Å². The average Bonchev–Trinajstić information content (AvgIpc) is 2.31. The van der Waals surface area contributed by atoms with E-state index in [0.717, 1.165) is 0 Å². The molecule has 4 N–H and O–H groups in total. The number of carbonyl (C=O) groups is 1. The lowest BCUT2D eigenvalue weighted by molar-refractivity contribution is -0.125. The molecule has 3 unspecified atom stereocenters. The van der Waals surface area contributed by atoms with Crippen molar-refractivity contribution in [1.29, 1.82) is 0 Å². The first kappa shape index (κ1) is 7.90. The summed E-state index contributed by atoms with van der Waals surface area (Å²) in [5, 5.41) is 5.94. The maximum atomic E-state index is 11.4. The Morgan fingerprint density at radius 2 is 2.17 bits per heavy atom. The lowest BCUT2D eigenvalue weighted by Gasteiger charge is -2.27. The van der Waals surface area contributed by atoms with Gasteiger partial charge in [-0.25, -0.2) is 5.43 Å². The normalized spacial score (nSPS) is 40.2. The van der Waals surface area contributed by atoms with Crippen molar-refractivity contribution < 1.29 is 4.79 Å². The van der Waals surface area contributed by atoms with Gasteiger partial charge in [-0.2, -0.15) is 0 Å². The van der Waals surface area contributed by atoms with Gasteiger partial charge in [0.25, 0.3) is 0 Å². The molecule has 0 aromatic carbocycles. The number of rotatable bonds is 0. The van der Waals surface area contributed by atoms with Gasteiger partial charge in [0, 0.05) is 6.04 Å². The molecule has 0 radical (unpaired) electrons. The van der Waals surface area contributed by atoms with Crippen molar-refractivity contribution >= 4 is 23.2 Å². The number of nitrogens with one attached hydrogen (secondary N) is 4. The molecular formula is C6H10N4OS. The van der Waals surface area contributed by atoms with Crippen LogP contribution in [-0.2, 0) is 4.79 Å². The molecule has 6 heteroatoms. The molecule has 2 fully saturated rings. The van der Waals surface area contributed by atoms with Gasteiger partial charge in [0.1, 0.15) is 6.17 Å². The molecule has 1 amide bonds. The van der Waals surface area contributed by atoms with Crippen LogP contribution in [0.5, 0.6) is 0 Å². The van der Waals surface area contributed by atoms with Crippen LogP contribution in [0.2, 0.25) is 0 Å². The highest BCUT2D eigenvalue weighted by molar-refractivity contribution is 7.80. The number of hydrogen-bond donors (Lipinski definition) is 4. The molecule has 0 bridgehead atoms. The van der Waals surface area contributed by atoms with Crippen molar-refractivity contribution in [3.8, 4) is 0 Å². The maximum absolute atomic E-state index is 11.4. The second-order valence-electron chi connectivity index (χ2n) is 3.04. The van der Waals surface area contributed by atoms with Crippen molar-refractivity contribution in [1.82, 2.24) is 21.5 Å². The first-order valence-electron chi connectivity index (χ1n) is 3.81. The van der Waals surface area contributed by atoms with E-state index in [2.05, 4.69) is 21.5 Å². The summed E-state index contributed by atoms with van der Waals surface area (Å²) < 4.78 is 0. The number of hydrazine groups is 1. The van der Waals surface area contributed by atoms with Crippen LogP contribution in [0, 0.1) is 5.92 Å². The van der Waals surface area contributed by atoms with E-state index < -0.39 is 0 Å². The molecule has 0 spiro atoms. The van der Waals surface area contributed by atoms with Gasteiger partial charge in [0.2, 0.25) is 5.91 Å². The van der Waals surface area contributed by atoms with Gasteiger partial charge >= 0.3 is 0 Å². The number of fused-ring (bicyclic) bond motifs is 1. The zero-order valence-corrected chi connectivity index (χ0v) is 7.37. The highest BCUT2D eigenvalue weighted by Crippen LogP contribution is 2.15. The Balaban J connectivity index is 2.19. The maximum Gasteiger partial charge on any atom is 0.234 e. The summed E-state index contributed by atoms with van der Waals surface area (Å²) >= 11 is 4.83. The molecule has 0 aromatic heterocycles. The predicted molar refractivity (Wildman–Crippen MR) is 46.9 cm³/mol. The SMILES string of the molecule is CC1NNC2NC(=S)NC(=O)C12. The molecule has 0 aromatic rings. The Morgan fingerprint density at radius 1 is 1.42 bits per heavy atom. The number of amides is 1. The highest BCUT2D eigenvalue weighted by Gasteiger charge is 2.42. The molecule has 2 aliphatic rings. The largest absolute Gasteiger partial charge is 0.345 e. The summed E-state index contributed by atoms with van der Waals surface area (Å²) in [6.45, 7) is 1.95. The van der Waals surface area contributed by atoms with Gasteiger partial charge in [-0.15, -0.1) is 0 Å². The minimum atomic E-state index is -0.0864. The van der Waals surface area contributed by atoms with Crippen LogP contribution in [0.1, 0.15) is 6.92 Å². The van der Waals surface area contributed by atoms with E-state index >= 15 is 0 Å². The smallest absolute Gasteiger partial charge is 0.234 e. The number of thiocarbonyl (C=S) groups is 1. The second kappa shape index (κ2) is 2.65. The first-order chi connectivity index (χ1) is 5.68. The lowest BCUT2D eigenvalue weighted by atomic mass is 9.98. The number of carbonyl (C=O) groups excluding carboxylic acids is 1. The summed E-state index contributed by atoms with van der Waals surface area (Å²) in [6, 6.07) is 0.130. The van der Waals surface area contributed by atoms with Crippen LogP contribution < -0.4 is 21.5 Å². The molecule has 2 rings (SSSR count). The Hall–Kier alpha value is -0.720. The summed E-state index contributed by atoms with van der Waals surface area (Å²) in [5.41, 5.74) is 5.94. The van der Waals surface area contributed by atoms with Gasteiger partial charge < -0.3 is 10.6 Å². The minimum absolute atomic E-state index is 0.0197. The van der Waals surface area contributed by atoms with Crippen LogP contribution in [0.4, 0.5) is 0 Å². The third kappa shape index (κ3) is 1.08. The van der Waals surface area contributed by atoms with Crippen molar-refractivity contribution in [3.63, 3.8) is 0 Å². The van der Waals surface area contributed by atoms with Crippen molar-refractivity contribution in [3.05, 3.63) is 0 Å². The number of hydrogen-bond acceptors (Lipinski definition) is 4. The molecule has 66 valence electrons. The fourth-order valence-electron chi connectivity index (χ4n) is 1.57. The van der Waals surface area contributed by atoms with Crippen LogP contribution >= 0.6 is 12.2 Å². The first-order valence-corrected chi connectivity index (χ1v) is 4.22. The molecule has 0 aliphatic carbocycles. The third-order valence-corrected chi connectivity index (χ3v) is 2.41. The van der Waals surface area contributed by atoms with Crippen LogP contribution in [0.15, 0.2) is 0 Å². The van der Waals surface area contributed by atoms with Crippen molar-refractivity contribution in [2.45, 2.75) is 19.1 Å². The van der Waals surface area contributed by atoms with Crippen molar-refractivity contribution in [2.75, 3.05) is 0 Å². The standard InChI is InChI=1S/C6H10N4OS/c1-2-3-4(10-9-2)7-6(12)8-5(3)11/h2-4,9-10H,1H3,(H2,7,8,11,12). The van der Waals surface area contributed by atoms with Crippen LogP contribution in [-0.4, -0.2) is 23.2 Å². The van der Waals surface area contributed by atoms with Gasteiger partial charge in [-0.3, -0.25) is 10.2 Å². The Bertz CT molecular complexity index is 244. The molecular weight excluding hydrogens is 176 g/mol. The second-order valence-corrected chi connectivity index (χ2v) is 3.45. The lowest BCUT2D eigenvalue weighted by Crippen LogP contribution is -2.60. The van der Waals surface area contributed by atoms with Crippen molar-refractivity contribution in [2.24, 2.45) is 5.92 Å². The quantitative estimate of drug-likeness (QED) is 0.344. The summed E-state index contributed by atoms with van der Waals surface area (Å²) in [6.07, 6.45) is -0.0683.